The van der Waals surface area contributed by atoms with Gasteiger partial charge in [-0.05, 0) is 60.4 Å². The molecule has 0 amide bonds. The second-order valence-electron chi connectivity index (χ2n) is 8.70. The Morgan fingerprint density at radius 3 is 2.30 bits per heavy atom. The maximum Gasteiger partial charge on any atom is 0.148 e. The monoisotopic (exact) mass is 398 g/mol. The number of allylic oxidation sites excluding steroid dienone is 1. The van der Waals surface area contributed by atoms with Crippen LogP contribution in [0.15, 0.2) is 76.3 Å². The molecule has 0 radical (unpaired) electrons. The van der Waals surface area contributed by atoms with E-state index >= 15 is 0 Å². The fourth-order valence-corrected chi connectivity index (χ4v) is 4.82. The number of aliphatic imine (C=N–C) groups is 1. The first-order chi connectivity index (χ1) is 14.6. The summed E-state index contributed by atoms with van der Waals surface area (Å²) < 4.78 is 0. The van der Waals surface area contributed by atoms with Crippen molar-refractivity contribution in [1.29, 1.82) is 0 Å². The van der Waals surface area contributed by atoms with Crippen molar-refractivity contribution in [2.75, 3.05) is 0 Å². The Kier molecular flexibility index (Phi) is 4.82. The van der Waals surface area contributed by atoms with Gasteiger partial charge in [-0.2, -0.15) is 5.10 Å². The second-order valence-corrected chi connectivity index (χ2v) is 8.70. The average Bonchev–Trinajstić information content (AvgIpc) is 3.17. The topological polar surface area (TPSA) is 54.0 Å². The summed E-state index contributed by atoms with van der Waals surface area (Å²) in [7, 11) is 0. The number of amidine groups is 1. The minimum atomic E-state index is -0.130. The van der Waals surface area contributed by atoms with Crippen molar-refractivity contribution in [3.05, 3.63) is 82.9 Å². The minimum absolute atomic E-state index is 0.0153. The van der Waals surface area contributed by atoms with Crippen LogP contribution in [0.5, 0.6) is 0 Å². The van der Waals surface area contributed by atoms with Crippen molar-refractivity contribution in [2.45, 2.75) is 63.6 Å². The van der Waals surface area contributed by atoms with E-state index < -0.39 is 0 Å². The molecule has 0 bridgehead atoms. The summed E-state index contributed by atoms with van der Waals surface area (Å²) in [6, 6.07) is 19.6. The van der Waals surface area contributed by atoms with Crippen LogP contribution in [0.25, 0.3) is 0 Å². The molecule has 1 aliphatic carbocycles. The third-order valence-electron chi connectivity index (χ3n) is 6.86. The van der Waals surface area contributed by atoms with Crippen LogP contribution in [0.4, 0.5) is 0 Å². The molecule has 2 unspecified atom stereocenters. The highest BCUT2D eigenvalue weighted by Crippen LogP contribution is 2.46. The molecule has 30 heavy (non-hydrogen) atoms. The number of fused-ring (bicyclic) bond motifs is 1. The van der Waals surface area contributed by atoms with Crippen LogP contribution >= 0.6 is 0 Å². The fourth-order valence-electron chi connectivity index (χ4n) is 4.82. The van der Waals surface area contributed by atoms with Crippen LogP contribution in [0, 0.1) is 0 Å². The van der Waals surface area contributed by atoms with Gasteiger partial charge < -0.3 is 5.73 Å². The Morgan fingerprint density at radius 2 is 1.70 bits per heavy atom. The quantitative estimate of drug-likeness (QED) is 0.709. The van der Waals surface area contributed by atoms with E-state index in [-0.39, 0.29) is 17.6 Å². The molecule has 3 aliphatic rings. The summed E-state index contributed by atoms with van der Waals surface area (Å²) >= 11 is 0. The maximum atomic E-state index is 6.55. The first-order valence-corrected chi connectivity index (χ1v) is 11.2. The van der Waals surface area contributed by atoms with Crippen LogP contribution < -0.4 is 5.73 Å². The van der Waals surface area contributed by atoms with Gasteiger partial charge in [0.2, 0.25) is 0 Å². The van der Waals surface area contributed by atoms with Gasteiger partial charge in [0.15, 0.2) is 0 Å². The van der Waals surface area contributed by atoms with E-state index in [0.29, 0.717) is 0 Å². The minimum Gasteiger partial charge on any atom is -0.321 e. The number of hydrogen-bond donors (Lipinski definition) is 1. The summed E-state index contributed by atoms with van der Waals surface area (Å²) in [6.07, 6.45) is 7.49. The molecule has 5 rings (SSSR count). The molecular formula is C26H30N4. The third kappa shape index (κ3) is 3.10. The van der Waals surface area contributed by atoms with Gasteiger partial charge in [-0.1, -0.05) is 68.4 Å². The molecule has 4 heteroatoms. The lowest BCUT2D eigenvalue weighted by Crippen LogP contribution is -2.43. The molecule has 2 aliphatic heterocycles. The average molecular weight is 399 g/mol. The fraction of sp³-hybridized carbons (Fsp3) is 0.385. The van der Waals surface area contributed by atoms with E-state index in [1.165, 1.54) is 28.7 Å². The second kappa shape index (κ2) is 7.51. The predicted octanol–water partition coefficient (Wildman–Crippen LogP) is 5.64. The normalized spacial score (nSPS) is 24.5. The molecule has 154 valence electrons. The molecule has 2 atom stereocenters. The van der Waals surface area contributed by atoms with E-state index in [1.54, 1.807) is 0 Å². The molecule has 2 aromatic carbocycles. The summed E-state index contributed by atoms with van der Waals surface area (Å²) in [5, 5.41) is 7.16. The van der Waals surface area contributed by atoms with E-state index in [9.17, 15) is 0 Å². The molecule has 4 nitrogen and oxygen atoms in total. The van der Waals surface area contributed by atoms with Crippen molar-refractivity contribution in [3.8, 4) is 0 Å². The smallest absolute Gasteiger partial charge is 0.148 e. The zero-order valence-electron chi connectivity index (χ0n) is 17.9. The summed E-state index contributed by atoms with van der Waals surface area (Å²) in [5.74, 6) is 1.02. The standard InChI is InChI=1S/C26H30N4/c1-3-18-17-22(4-2)29-30-24(20-9-6-5-7-10-20)23(28-25(18)30)19-11-13-21(14-12-19)26(27)15-8-16-26/h5-7,9-14,17,23-24H,3-4,8,15-16,27H2,1-2H3. The van der Waals surface area contributed by atoms with Gasteiger partial charge in [0.05, 0.1) is 5.71 Å². The van der Waals surface area contributed by atoms with Gasteiger partial charge in [-0.3, -0.25) is 4.99 Å². The summed E-state index contributed by atoms with van der Waals surface area (Å²) in [5.41, 5.74) is 12.5. The van der Waals surface area contributed by atoms with Gasteiger partial charge in [0, 0.05) is 5.54 Å². The zero-order valence-corrected chi connectivity index (χ0v) is 17.9. The number of nitrogens with zero attached hydrogens (tertiary/aromatic N) is 3. The van der Waals surface area contributed by atoms with Crippen molar-refractivity contribution in [3.63, 3.8) is 0 Å². The molecule has 2 heterocycles. The molecular weight excluding hydrogens is 368 g/mol. The molecule has 2 N–H and O–H groups in total. The largest absolute Gasteiger partial charge is 0.321 e. The Morgan fingerprint density at radius 1 is 0.967 bits per heavy atom. The Hall–Kier alpha value is -2.72. The van der Waals surface area contributed by atoms with E-state index in [4.69, 9.17) is 15.8 Å². The van der Waals surface area contributed by atoms with Crippen molar-refractivity contribution in [1.82, 2.24) is 5.01 Å². The van der Waals surface area contributed by atoms with Crippen molar-refractivity contribution >= 4 is 11.5 Å². The molecule has 0 spiro atoms. The van der Waals surface area contributed by atoms with Gasteiger partial charge in [0.25, 0.3) is 0 Å². The molecule has 0 saturated heterocycles. The lowest BCUT2D eigenvalue weighted by molar-refractivity contribution is 0.253. The Balaban J connectivity index is 1.56. The first kappa shape index (κ1) is 19.3. The van der Waals surface area contributed by atoms with E-state index in [1.807, 2.05) is 0 Å². The van der Waals surface area contributed by atoms with Crippen LogP contribution in [-0.2, 0) is 5.54 Å². The molecule has 1 saturated carbocycles. The van der Waals surface area contributed by atoms with Crippen LogP contribution in [-0.4, -0.2) is 16.6 Å². The van der Waals surface area contributed by atoms with Gasteiger partial charge in [-0.15, -0.1) is 0 Å². The SMILES string of the molecule is CCC1=CC(CC)=NN2C1=NC(c1ccc(C3(N)CCC3)cc1)C2c1ccccc1. The highest BCUT2D eigenvalue weighted by molar-refractivity contribution is 6.10. The maximum absolute atomic E-state index is 6.55. The van der Waals surface area contributed by atoms with E-state index in [0.717, 1.165) is 37.2 Å². The summed E-state index contributed by atoms with van der Waals surface area (Å²) in [6.45, 7) is 4.36. The number of rotatable bonds is 5. The summed E-state index contributed by atoms with van der Waals surface area (Å²) in [4.78, 5) is 5.22. The van der Waals surface area contributed by atoms with Gasteiger partial charge >= 0.3 is 0 Å². The third-order valence-corrected chi connectivity index (χ3v) is 6.86. The van der Waals surface area contributed by atoms with Crippen LogP contribution in [0.2, 0.25) is 0 Å². The number of nitrogens with two attached hydrogens (primary N) is 1. The van der Waals surface area contributed by atoms with E-state index in [2.05, 4.69) is 79.5 Å². The molecule has 0 aromatic heterocycles. The Bertz CT molecular complexity index is 1010. The molecule has 2 aromatic rings. The van der Waals surface area contributed by atoms with Crippen LogP contribution in [0.3, 0.4) is 0 Å². The highest BCUT2D eigenvalue weighted by Gasteiger charge is 2.41. The van der Waals surface area contributed by atoms with Crippen molar-refractivity contribution in [2.24, 2.45) is 15.8 Å². The van der Waals surface area contributed by atoms with Gasteiger partial charge in [-0.25, -0.2) is 5.01 Å². The van der Waals surface area contributed by atoms with Gasteiger partial charge in [0.1, 0.15) is 17.9 Å². The Labute approximate surface area is 179 Å². The van der Waals surface area contributed by atoms with Crippen LogP contribution in [0.1, 0.15) is 74.7 Å². The lowest BCUT2D eigenvalue weighted by atomic mass is 9.72. The number of benzene rings is 2. The van der Waals surface area contributed by atoms with Crippen molar-refractivity contribution < 1.29 is 0 Å². The highest BCUT2D eigenvalue weighted by atomic mass is 15.5. The lowest BCUT2D eigenvalue weighted by Gasteiger charge is -2.38. The number of hydrazone groups is 1. The first-order valence-electron chi connectivity index (χ1n) is 11.2. The predicted molar refractivity (Wildman–Crippen MR) is 123 cm³/mol. The number of hydrogen-bond acceptors (Lipinski definition) is 4. The zero-order chi connectivity index (χ0) is 20.7. The molecule has 1 fully saturated rings.